The van der Waals surface area contributed by atoms with Crippen molar-refractivity contribution in [1.29, 1.82) is 5.26 Å². The molecule has 0 aliphatic rings. The molecule has 0 amide bonds. The van der Waals surface area contributed by atoms with E-state index in [4.69, 9.17) is 10.4 Å². The van der Waals surface area contributed by atoms with Crippen molar-refractivity contribution in [3.63, 3.8) is 0 Å². The highest BCUT2D eigenvalue weighted by Crippen LogP contribution is 2.16. The van der Waals surface area contributed by atoms with E-state index in [9.17, 15) is 4.79 Å². The van der Waals surface area contributed by atoms with Gasteiger partial charge in [0, 0.05) is 6.20 Å². The zero-order valence-corrected chi connectivity index (χ0v) is 8.06. The van der Waals surface area contributed by atoms with E-state index in [1.165, 1.54) is 16.9 Å². The topological polar surface area (TPSA) is 78.9 Å². The summed E-state index contributed by atoms with van der Waals surface area (Å²) in [5, 5.41) is 21.4. The van der Waals surface area contributed by atoms with Crippen LogP contribution in [0.4, 0.5) is 0 Å². The maximum atomic E-state index is 10.7. The summed E-state index contributed by atoms with van der Waals surface area (Å²) >= 11 is 0. The largest absolute Gasteiger partial charge is 0.477 e. The van der Waals surface area contributed by atoms with Crippen LogP contribution in [0.15, 0.2) is 12.3 Å². The number of nitriles is 1. The molecule has 0 radical (unpaired) electrons. The van der Waals surface area contributed by atoms with Gasteiger partial charge in [-0.25, -0.2) is 4.79 Å². The molecule has 0 saturated carbocycles. The van der Waals surface area contributed by atoms with Gasteiger partial charge in [0.15, 0.2) is 0 Å². The average molecular weight is 193 g/mol. The van der Waals surface area contributed by atoms with Crippen molar-refractivity contribution in [2.75, 3.05) is 0 Å². The van der Waals surface area contributed by atoms with Gasteiger partial charge in [0.25, 0.3) is 0 Å². The fourth-order valence-electron chi connectivity index (χ4n) is 1.05. The van der Waals surface area contributed by atoms with Crippen LogP contribution in [0.3, 0.4) is 0 Å². The molecule has 0 unspecified atom stereocenters. The Morgan fingerprint density at radius 3 is 2.93 bits per heavy atom. The summed E-state index contributed by atoms with van der Waals surface area (Å²) in [6.07, 6.45) is 1.41. The van der Waals surface area contributed by atoms with Crippen molar-refractivity contribution in [2.24, 2.45) is 5.41 Å². The van der Waals surface area contributed by atoms with Gasteiger partial charge < -0.3 is 5.11 Å². The maximum absolute atomic E-state index is 10.7. The van der Waals surface area contributed by atoms with Crippen molar-refractivity contribution < 1.29 is 9.90 Å². The van der Waals surface area contributed by atoms with Crippen LogP contribution in [-0.2, 0) is 6.54 Å². The highest BCUT2D eigenvalue weighted by Gasteiger charge is 2.21. The Morgan fingerprint density at radius 2 is 2.43 bits per heavy atom. The van der Waals surface area contributed by atoms with Crippen LogP contribution in [0.25, 0.3) is 0 Å². The van der Waals surface area contributed by atoms with Gasteiger partial charge in [-0.2, -0.15) is 10.4 Å². The highest BCUT2D eigenvalue weighted by atomic mass is 16.4. The molecule has 1 rings (SSSR count). The van der Waals surface area contributed by atoms with Crippen LogP contribution in [-0.4, -0.2) is 20.9 Å². The lowest BCUT2D eigenvalue weighted by molar-refractivity contribution is 0.0681. The number of aromatic nitrogens is 2. The van der Waals surface area contributed by atoms with Crippen molar-refractivity contribution in [1.82, 2.24) is 9.78 Å². The molecule has 0 aliphatic carbocycles. The van der Waals surface area contributed by atoms with Gasteiger partial charge in [-0.05, 0) is 19.9 Å². The Labute approximate surface area is 81.6 Å². The van der Waals surface area contributed by atoms with E-state index < -0.39 is 11.4 Å². The van der Waals surface area contributed by atoms with Gasteiger partial charge in [0.2, 0.25) is 0 Å². The van der Waals surface area contributed by atoms with Crippen LogP contribution in [0.1, 0.15) is 24.3 Å². The van der Waals surface area contributed by atoms with E-state index in [0.717, 1.165) is 0 Å². The molecule has 0 aromatic carbocycles. The van der Waals surface area contributed by atoms with Crippen LogP contribution in [0.5, 0.6) is 0 Å². The van der Waals surface area contributed by atoms with Crippen LogP contribution in [0, 0.1) is 16.7 Å². The Hall–Kier alpha value is -1.83. The second-order valence-electron chi connectivity index (χ2n) is 3.67. The van der Waals surface area contributed by atoms with Gasteiger partial charge in [-0.1, -0.05) is 0 Å². The number of hydrogen-bond acceptors (Lipinski definition) is 3. The Morgan fingerprint density at radius 1 is 1.79 bits per heavy atom. The molecule has 0 bridgehead atoms. The van der Waals surface area contributed by atoms with E-state index >= 15 is 0 Å². The van der Waals surface area contributed by atoms with E-state index in [1.54, 1.807) is 13.8 Å². The molecule has 14 heavy (non-hydrogen) atoms. The molecule has 5 nitrogen and oxygen atoms in total. The summed E-state index contributed by atoms with van der Waals surface area (Å²) in [6, 6.07) is 3.50. The first-order chi connectivity index (χ1) is 6.46. The number of carbonyl (C=O) groups is 1. The third kappa shape index (κ3) is 2.10. The number of carboxylic acids is 1. The monoisotopic (exact) mass is 193 g/mol. The summed E-state index contributed by atoms with van der Waals surface area (Å²) in [5.74, 6) is -1.03. The molecule has 0 aliphatic heterocycles. The average Bonchev–Trinajstić information content (AvgIpc) is 2.51. The molecular formula is C9H11N3O2. The predicted molar refractivity (Wildman–Crippen MR) is 48.6 cm³/mol. The number of hydrogen-bond donors (Lipinski definition) is 1. The number of nitrogens with zero attached hydrogens (tertiary/aromatic N) is 3. The molecule has 0 atom stereocenters. The van der Waals surface area contributed by atoms with Crippen LogP contribution in [0.2, 0.25) is 0 Å². The third-order valence-electron chi connectivity index (χ3n) is 1.78. The van der Waals surface area contributed by atoms with Gasteiger partial charge in [0.1, 0.15) is 5.69 Å². The lowest BCUT2D eigenvalue weighted by Gasteiger charge is -2.15. The van der Waals surface area contributed by atoms with E-state index in [-0.39, 0.29) is 12.2 Å². The van der Waals surface area contributed by atoms with Crippen molar-refractivity contribution >= 4 is 5.97 Å². The first-order valence-electron chi connectivity index (χ1n) is 4.12. The van der Waals surface area contributed by atoms with E-state index in [0.29, 0.717) is 0 Å². The normalized spacial score (nSPS) is 10.9. The van der Waals surface area contributed by atoms with Crippen molar-refractivity contribution in [2.45, 2.75) is 20.4 Å². The van der Waals surface area contributed by atoms with Gasteiger partial charge in [-0.15, -0.1) is 0 Å². The fourth-order valence-corrected chi connectivity index (χ4v) is 1.05. The second-order valence-corrected chi connectivity index (χ2v) is 3.67. The molecular weight excluding hydrogens is 182 g/mol. The molecule has 5 heteroatoms. The summed E-state index contributed by atoms with van der Waals surface area (Å²) in [6.45, 7) is 3.75. The highest BCUT2D eigenvalue weighted by molar-refractivity contribution is 5.85. The minimum absolute atomic E-state index is 0.105. The van der Waals surface area contributed by atoms with Gasteiger partial charge in [-0.3, -0.25) is 4.68 Å². The third-order valence-corrected chi connectivity index (χ3v) is 1.78. The lowest BCUT2D eigenvalue weighted by atomic mass is 9.96. The van der Waals surface area contributed by atoms with Gasteiger partial charge in [0.05, 0.1) is 18.0 Å². The fraction of sp³-hybridized carbons (Fsp3) is 0.444. The first kappa shape index (κ1) is 10.3. The van der Waals surface area contributed by atoms with E-state index in [1.807, 2.05) is 0 Å². The molecule has 1 heterocycles. The number of carboxylic acid groups (broad SMARTS) is 1. The quantitative estimate of drug-likeness (QED) is 0.780. The number of aromatic carboxylic acids is 1. The predicted octanol–water partition coefficient (Wildman–Crippen LogP) is 1.13. The molecule has 1 aromatic rings. The number of rotatable bonds is 3. The van der Waals surface area contributed by atoms with Crippen molar-refractivity contribution in [3.05, 3.63) is 18.0 Å². The SMILES string of the molecule is CC(C)(C#N)Cn1nccc1C(=O)O. The Kier molecular flexibility index (Phi) is 2.56. The zero-order chi connectivity index (χ0) is 10.8. The van der Waals surface area contributed by atoms with Crippen LogP contribution < -0.4 is 0 Å². The van der Waals surface area contributed by atoms with Crippen molar-refractivity contribution in [3.8, 4) is 6.07 Å². The maximum Gasteiger partial charge on any atom is 0.354 e. The molecule has 0 saturated heterocycles. The lowest BCUT2D eigenvalue weighted by Crippen LogP contribution is -2.21. The molecule has 1 aromatic heterocycles. The standard InChI is InChI=1S/C9H11N3O2/c1-9(2,5-10)6-12-7(8(13)14)3-4-11-12/h3-4H,6H2,1-2H3,(H,13,14). The van der Waals surface area contributed by atoms with Gasteiger partial charge >= 0.3 is 5.97 Å². The Balaban J connectivity index is 2.94. The summed E-state index contributed by atoms with van der Waals surface area (Å²) in [7, 11) is 0. The molecule has 74 valence electrons. The summed E-state index contributed by atoms with van der Waals surface area (Å²) < 4.78 is 1.32. The van der Waals surface area contributed by atoms with E-state index in [2.05, 4.69) is 11.2 Å². The summed E-state index contributed by atoms with van der Waals surface area (Å²) in [5.41, 5.74) is -0.510. The Bertz CT molecular complexity index is 387. The first-order valence-corrected chi connectivity index (χ1v) is 4.12. The smallest absolute Gasteiger partial charge is 0.354 e. The molecule has 1 N–H and O–H groups in total. The minimum atomic E-state index is -1.03. The molecule has 0 spiro atoms. The second kappa shape index (κ2) is 3.50. The molecule has 0 fully saturated rings. The minimum Gasteiger partial charge on any atom is -0.477 e. The van der Waals surface area contributed by atoms with Crippen LogP contribution >= 0.6 is 0 Å². The zero-order valence-electron chi connectivity index (χ0n) is 8.06. The summed E-state index contributed by atoms with van der Waals surface area (Å²) in [4.78, 5) is 10.7.